The molecular formula is C13H16N2O3. The second-order valence-corrected chi connectivity index (χ2v) is 3.84. The standard InChI is InChI=1S/C13H16N2O3/c1-8-5-10(15-14-8)9-6-12(17-3)13(18-4)7-11(9)16-2/h5-7H,1-4H3,(H,14,15). The SMILES string of the molecule is COc1cc(OC)c(-c2cc(C)[nH]n2)cc1OC. The monoisotopic (exact) mass is 248 g/mol. The molecule has 1 N–H and O–H groups in total. The quantitative estimate of drug-likeness (QED) is 0.902. The maximum Gasteiger partial charge on any atom is 0.164 e. The van der Waals surface area contributed by atoms with Gasteiger partial charge in [0.05, 0.1) is 27.0 Å². The number of rotatable bonds is 4. The minimum atomic E-state index is 0.630. The average Bonchev–Trinajstić information content (AvgIpc) is 2.83. The number of hydrogen-bond acceptors (Lipinski definition) is 4. The second kappa shape index (κ2) is 5.00. The molecule has 0 saturated heterocycles. The summed E-state index contributed by atoms with van der Waals surface area (Å²) in [6, 6.07) is 5.59. The van der Waals surface area contributed by atoms with Gasteiger partial charge in [0.2, 0.25) is 0 Å². The van der Waals surface area contributed by atoms with Crippen LogP contribution in [0.5, 0.6) is 17.2 Å². The lowest BCUT2D eigenvalue weighted by atomic mass is 10.1. The lowest BCUT2D eigenvalue weighted by Crippen LogP contribution is -1.95. The molecule has 0 spiro atoms. The molecule has 5 nitrogen and oxygen atoms in total. The van der Waals surface area contributed by atoms with E-state index in [1.165, 1.54) is 0 Å². The fraction of sp³-hybridized carbons (Fsp3) is 0.308. The molecule has 0 aliphatic rings. The first-order valence-electron chi connectivity index (χ1n) is 5.52. The molecule has 0 radical (unpaired) electrons. The van der Waals surface area contributed by atoms with Gasteiger partial charge in [-0.05, 0) is 19.1 Å². The third-order valence-electron chi connectivity index (χ3n) is 2.69. The number of nitrogens with one attached hydrogen (secondary N) is 1. The van der Waals surface area contributed by atoms with E-state index in [-0.39, 0.29) is 0 Å². The molecule has 1 aromatic heterocycles. The van der Waals surface area contributed by atoms with Crippen LogP contribution in [0.1, 0.15) is 5.69 Å². The van der Waals surface area contributed by atoms with Gasteiger partial charge in [-0.1, -0.05) is 0 Å². The third-order valence-corrected chi connectivity index (χ3v) is 2.69. The molecule has 0 fully saturated rings. The molecule has 0 saturated carbocycles. The van der Waals surface area contributed by atoms with E-state index in [2.05, 4.69) is 10.2 Å². The highest BCUT2D eigenvalue weighted by Crippen LogP contribution is 2.39. The molecule has 1 aromatic carbocycles. The molecule has 1 heterocycles. The highest BCUT2D eigenvalue weighted by Gasteiger charge is 2.14. The molecule has 0 bridgehead atoms. The van der Waals surface area contributed by atoms with Crippen molar-refractivity contribution in [2.45, 2.75) is 6.92 Å². The number of hydrogen-bond donors (Lipinski definition) is 1. The molecule has 0 aliphatic carbocycles. The zero-order chi connectivity index (χ0) is 13.1. The largest absolute Gasteiger partial charge is 0.496 e. The molecule has 0 atom stereocenters. The summed E-state index contributed by atoms with van der Waals surface area (Å²) in [7, 11) is 4.81. The molecule has 0 aliphatic heterocycles. The number of benzene rings is 1. The third kappa shape index (κ3) is 2.11. The Morgan fingerprint density at radius 3 is 2.00 bits per heavy atom. The summed E-state index contributed by atoms with van der Waals surface area (Å²) in [6.07, 6.45) is 0. The summed E-state index contributed by atoms with van der Waals surface area (Å²) in [5.41, 5.74) is 2.66. The van der Waals surface area contributed by atoms with Crippen molar-refractivity contribution in [2.24, 2.45) is 0 Å². The lowest BCUT2D eigenvalue weighted by molar-refractivity contribution is 0.349. The van der Waals surface area contributed by atoms with E-state index in [9.17, 15) is 0 Å². The van der Waals surface area contributed by atoms with Gasteiger partial charge in [-0.2, -0.15) is 5.10 Å². The lowest BCUT2D eigenvalue weighted by Gasteiger charge is -2.12. The van der Waals surface area contributed by atoms with Crippen molar-refractivity contribution in [3.8, 4) is 28.5 Å². The van der Waals surface area contributed by atoms with Crippen LogP contribution in [-0.2, 0) is 0 Å². The highest BCUT2D eigenvalue weighted by atomic mass is 16.5. The number of aromatic amines is 1. The Bertz CT molecular complexity index is 549. The zero-order valence-corrected chi connectivity index (χ0v) is 10.9. The minimum Gasteiger partial charge on any atom is -0.496 e. The highest BCUT2D eigenvalue weighted by molar-refractivity contribution is 5.71. The fourth-order valence-corrected chi connectivity index (χ4v) is 1.79. The van der Waals surface area contributed by atoms with Gasteiger partial charge in [0.25, 0.3) is 0 Å². The Kier molecular flexibility index (Phi) is 3.41. The number of ether oxygens (including phenoxy) is 3. The molecule has 0 unspecified atom stereocenters. The number of nitrogens with zero attached hydrogens (tertiary/aromatic N) is 1. The molecule has 2 rings (SSSR count). The van der Waals surface area contributed by atoms with Crippen LogP contribution in [0.2, 0.25) is 0 Å². The summed E-state index contributed by atoms with van der Waals surface area (Å²) >= 11 is 0. The van der Waals surface area contributed by atoms with E-state index in [1.54, 1.807) is 27.4 Å². The summed E-state index contributed by atoms with van der Waals surface area (Å²) in [5, 5.41) is 7.13. The minimum absolute atomic E-state index is 0.630. The van der Waals surface area contributed by atoms with Crippen molar-refractivity contribution in [2.75, 3.05) is 21.3 Å². The van der Waals surface area contributed by atoms with Gasteiger partial charge in [-0.3, -0.25) is 5.10 Å². The molecular weight excluding hydrogens is 232 g/mol. The maximum atomic E-state index is 5.36. The van der Waals surface area contributed by atoms with Crippen LogP contribution in [0.15, 0.2) is 18.2 Å². The van der Waals surface area contributed by atoms with Gasteiger partial charge in [0, 0.05) is 17.3 Å². The van der Waals surface area contributed by atoms with Gasteiger partial charge in [-0.15, -0.1) is 0 Å². The predicted octanol–water partition coefficient (Wildman–Crippen LogP) is 2.41. The summed E-state index contributed by atoms with van der Waals surface area (Å²) in [5.74, 6) is 1.97. The van der Waals surface area contributed by atoms with E-state index in [0.29, 0.717) is 17.2 Å². The Morgan fingerprint density at radius 1 is 0.889 bits per heavy atom. The second-order valence-electron chi connectivity index (χ2n) is 3.84. The van der Waals surface area contributed by atoms with E-state index in [4.69, 9.17) is 14.2 Å². The Balaban J connectivity index is 2.58. The first-order valence-corrected chi connectivity index (χ1v) is 5.52. The average molecular weight is 248 g/mol. The van der Waals surface area contributed by atoms with Gasteiger partial charge in [0.1, 0.15) is 5.75 Å². The van der Waals surface area contributed by atoms with Crippen LogP contribution >= 0.6 is 0 Å². The first kappa shape index (κ1) is 12.3. The molecule has 2 aromatic rings. The van der Waals surface area contributed by atoms with Crippen molar-refractivity contribution in [3.63, 3.8) is 0 Å². The summed E-state index contributed by atoms with van der Waals surface area (Å²) in [4.78, 5) is 0. The fourth-order valence-electron chi connectivity index (χ4n) is 1.79. The van der Waals surface area contributed by atoms with Gasteiger partial charge in [0.15, 0.2) is 11.5 Å². The maximum absolute atomic E-state index is 5.36. The van der Waals surface area contributed by atoms with E-state index < -0.39 is 0 Å². The van der Waals surface area contributed by atoms with Crippen molar-refractivity contribution in [1.82, 2.24) is 10.2 Å². The molecule has 0 amide bonds. The van der Waals surface area contributed by atoms with Crippen LogP contribution in [0.3, 0.4) is 0 Å². The molecule has 5 heteroatoms. The van der Waals surface area contributed by atoms with Gasteiger partial charge >= 0.3 is 0 Å². The number of H-pyrrole nitrogens is 1. The number of aromatic nitrogens is 2. The van der Waals surface area contributed by atoms with Crippen LogP contribution in [0.4, 0.5) is 0 Å². The van der Waals surface area contributed by atoms with Crippen LogP contribution in [0.25, 0.3) is 11.3 Å². The number of aryl methyl sites for hydroxylation is 1. The van der Waals surface area contributed by atoms with E-state index in [0.717, 1.165) is 17.0 Å². The molecule has 18 heavy (non-hydrogen) atoms. The van der Waals surface area contributed by atoms with Crippen molar-refractivity contribution < 1.29 is 14.2 Å². The molecule has 96 valence electrons. The van der Waals surface area contributed by atoms with E-state index in [1.807, 2.05) is 19.1 Å². The Morgan fingerprint density at radius 2 is 1.50 bits per heavy atom. The summed E-state index contributed by atoms with van der Waals surface area (Å²) < 4.78 is 15.9. The smallest absolute Gasteiger partial charge is 0.164 e. The summed E-state index contributed by atoms with van der Waals surface area (Å²) in [6.45, 7) is 1.95. The van der Waals surface area contributed by atoms with Crippen LogP contribution in [-0.4, -0.2) is 31.5 Å². The topological polar surface area (TPSA) is 56.4 Å². The zero-order valence-electron chi connectivity index (χ0n) is 10.9. The Hall–Kier alpha value is -2.17. The van der Waals surface area contributed by atoms with Gasteiger partial charge in [-0.25, -0.2) is 0 Å². The normalized spacial score (nSPS) is 10.2. The van der Waals surface area contributed by atoms with E-state index >= 15 is 0 Å². The van der Waals surface area contributed by atoms with Crippen molar-refractivity contribution >= 4 is 0 Å². The Labute approximate surface area is 106 Å². The van der Waals surface area contributed by atoms with Crippen LogP contribution < -0.4 is 14.2 Å². The van der Waals surface area contributed by atoms with Crippen LogP contribution in [0, 0.1) is 6.92 Å². The van der Waals surface area contributed by atoms with Crippen molar-refractivity contribution in [3.05, 3.63) is 23.9 Å². The van der Waals surface area contributed by atoms with Gasteiger partial charge < -0.3 is 14.2 Å². The van der Waals surface area contributed by atoms with Crippen molar-refractivity contribution in [1.29, 1.82) is 0 Å². The first-order chi connectivity index (χ1) is 8.69. The number of methoxy groups -OCH3 is 3. The predicted molar refractivity (Wildman–Crippen MR) is 68.4 cm³/mol.